The van der Waals surface area contributed by atoms with E-state index in [-0.39, 0.29) is 34.9 Å². The molecule has 1 aromatic carbocycles. The number of benzene rings is 1. The predicted octanol–water partition coefficient (Wildman–Crippen LogP) is 2.69. The number of nitrogens with zero attached hydrogens (tertiary/aromatic N) is 1. The van der Waals surface area contributed by atoms with Crippen molar-refractivity contribution in [2.24, 2.45) is 5.92 Å². The number of hydrogen-bond donors (Lipinski definition) is 2. The van der Waals surface area contributed by atoms with Crippen LogP contribution in [0.15, 0.2) is 24.3 Å². The predicted molar refractivity (Wildman–Crippen MR) is 97.0 cm³/mol. The molecule has 6 heteroatoms. The maximum atomic E-state index is 12.7. The van der Waals surface area contributed by atoms with E-state index in [1.807, 2.05) is 0 Å². The van der Waals surface area contributed by atoms with Gasteiger partial charge in [0.15, 0.2) is 0 Å². The van der Waals surface area contributed by atoms with Gasteiger partial charge in [-0.15, -0.1) is 0 Å². The molecule has 2 aliphatic rings. The second kappa shape index (κ2) is 8.34. The lowest BCUT2D eigenvalue weighted by molar-refractivity contribution is -0.126. The summed E-state index contributed by atoms with van der Waals surface area (Å²) >= 11 is 0. The molecule has 0 atom stereocenters. The van der Waals surface area contributed by atoms with E-state index >= 15 is 0 Å². The van der Waals surface area contributed by atoms with Crippen LogP contribution in [0, 0.1) is 5.92 Å². The number of carbonyl (C=O) groups is 3. The van der Waals surface area contributed by atoms with E-state index in [0.29, 0.717) is 25.9 Å². The highest BCUT2D eigenvalue weighted by atomic mass is 16.4. The van der Waals surface area contributed by atoms with Gasteiger partial charge in [-0.25, -0.2) is 4.79 Å². The maximum absolute atomic E-state index is 12.7. The molecule has 0 unspecified atom stereocenters. The summed E-state index contributed by atoms with van der Waals surface area (Å²) in [5.74, 6) is -1.04. The number of hydrogen-bond acceptors (Lipinski definition) is 3. The Morgan fingerprint density at radius 2 is 1.54 bits per heavy atom. The van der Waals surface area contributed by atoms with Crippen molar-refractivity contribution in [2.45, 2.75) is 51.0 Å². The second-order valence-corrected chi connectivity index (χ2v) is 7.26. The fourth-order valence-electron chi connectivity index (χ4n) is 3.94. The Labute approximate surface area is 153 Å². The van der Waals surface area contributed by atoms with Gasteiger partial charge in [-0.05, 0) is 37.8 Å². The van der Waals surface area contributed by atoms with Crippen LogP contribution in [0.4, 0.5) is 0 Å². The molecule has 1 saturated heterocycles. The van der Waals surface area contributed by atoms with E-state index in [1.54, 1.807) is 23.1 Å². The molecule has 1 aliphatic heterocycles. The van der Waals surface area contributed by atoms with Crippen LogP contribution < -0.4 is 5.32 Å². The monoisotopic (exact) mass is 358 g/mol. The van der Waals surface area contributed by atoms with E-state index in [1.165, 1.54) is 12.5 Å². The molecular weight excluding hydrogens is 332 g/mol. The number of piperidine rings is 1. The Morgan fingerprint density at radius 3 is 2.15 bits per heavy atom. The van der Waals surface area contributed by atoms with Crippen molar-refractivity contribution in [3.63, 3.8) is 0 Å². The van der Waals surface area contributed by atoms with Crippen molar-refractivity contribution in [3.8, 4) is 0 Å². The number of carbonyl (C=O) groups excluding carboxylic acids is 2. The summed E-state index contributed by atoms with van der Waals surface area (Å²) in [6.07, 6.45) is 6.87. The number of rotatable bonds is 4. The number of carboxylic acid groups (broad SMARTS) is 1. The van der Waals surface area contributed by atoms with Gasteiger partial charge in [0.25, 0.3) is 5.91 Å². The molecule has 0 bridgehead atoms. The van der Waals surface area contributed by atoms with Crippen LogP contribution in [0.1, 0.15) is 65.7 Å². The smallest absolute Gasteiger partial charge is 0.336 e. The van der Waals surface area contributed by atoms with Gasteiger partial charge >= 0.3 is 5.97 Å². The lowest BCUT2D eigenvalue weighted by Gasteiger charge is -2.33. The summed E-state index contributed by atoms with van der Waals surface area (Å²) in [6, 6.07) is 6.41. The number of nitrogens with one attached hydrogen (secondary N) is 1. The summed E-state index contributed by atoms with van der Waals surface area (Å²) in [5, 5.41) is 12.4. The highest BCUT2D eigenvalue weighted by molar-refractivity contribution is 6.04. The van der Waals surface area contributed by atoms with Crippen LogP contribution in [0.3, 0.4) is 0 Å². The Morgan fingerprint density at radius 1 is 0.923 bits per heavy atom. The summed E-state index contributed by atoms with van der Waals surface area (Å²) in [5.41, 5.74) is 0.259. The molecule has 0 spiro atoms. The molecule has 2 N–H and O–H groups in total. The van der Waals surface area contributed by atoms with Crippen molar-refractivity contribution < 1.29 is 19.5 Å². The third-order valence-corrected chi connectivity index (χ3v) is 5.49. The van der Waals surface area contributed by atoms with Gasteiger partial charge in [-0.2, -0.15) is 0 Å². The fraction of sp³-hybridized carbons (Fsp3) is 0.550. The molecule has 1 aliphatic carbocycles. The summed E-state index contributed by atoms with van der Waals surface area (Å²) in [7, 11) is 0. The number of carboxylic acids is 1. The number of aromatic carboxylic acids is 1. The van der Waals surface area contributed by atoms with Crippen molar-refractivity contribution in [2.75, 3.05) is 13.1 Å². The molecule has 0 aromatic heterocycles. The highest BCUT2D eigenvalue weighted by Crippen LogP contribution is 2.24. The normalized spacial score (nSPS) is 19.2. The van der Waals surface area contributed by atoms with E-state index in [0.717, 1.165) is 25.7 Å². The first-order chi connectivity index (χ1) is 12.6. The van der Waals surface area contributed by atoms with Crippen molar-refractivity contribution in [3.05, 3.63) is 35.4 Å². The Bertz CT molecular complexity index is 674. The van der Waals surface area contributed by atoms with E-state index in [9.17, 15) is 19.5 Å². The SMILES string of the molecule is O=C(O)c1ccccc1C(=O)N1CCC(NC(=O)C2CCCCC2)CC1. The van der Waals surface area contributed by atoms with Gasteiger partial charge in [0.1, 0.15) is 0 Å². The topological polar surface area (TPSA) is 86.7 Å². The second-order valence-electron chi connectivity index (χ2n) is 7.26. The third-order valence-electron chi connectivity index (χ3n) is 5.49. The molecule has 0 radical (unpaired) electrons. The van der Waals surface area contributed by atoms with Gasteiger partial charge in [-0.1, -0.05) is 31.4 Å². The molecule has 1 saturated carbocycles. The first kappa shape index (κ1) is 18.4. The minimum Gasteiger partial charge on any atom is -0.478 e. The average molecular weight is 358 g/mol. The lowest BCUT2D eigenvalue weighted by atomic mass is 9.88. The van der Waals surface area contributed by atoms with Crippen LogP contribution in [0.2, 0.25) is 0 Å². The number of amides is 2. The van der Waals surface area contributed by atoms with E-state index in [4.69, 9.17) is 0 Å². The molecule has 1 heterocycles. The van der Waals surface area contributed by atoms with Crippen LogP contribution in [0.25, 0.3) is 0 Å². The third kappa shape index (κ3) is 4.23. The first-order valence-corrected chi connectivity index (χ1v) is 9.48. The molecule has 6 nitrogen and oxygen atoms in total. The Balaban J connectivity index is 1.54. The molecule has 2 amide bonds. The van der Waals surface area contributed by atoms with Crippen molar-refractivity contribution >= 4 is 17.8 Å². The first-order valence-electron chi connectivity index (χ1n) is 9.48. The molecule has 3 rings (SSSR count). The summed E-state index contributed by atoms with van der Waals surface area (Å²) < 4.78 is 0. The van der Waals surface area contributed by atoms with Crippen LogP contribution in [-0.2, 0) is 4.79 Å². The zero-order valence-corrected chi connectivity index (χ0v) is 14.9. The van der Waals surface area contributed by atoms with Crippen LogP contribution in [0.5, 0.6) is 0 Å². The van der Waals surface area contributed by atoms with E-state index < -0.39 is 5.97 Å². The lowest BCUT2D eigenvalue weighted by Crippen LogP contribution is -2.48. The van der Waals surface area contributed by atoms with Crippen molar-refractivity contribution in [1.82, 2.24) is 10.2 Å². The fourth-order valence-corrected chi connectivity index (χ4v) is 3.94. The molecule has 1 aromatic rings. The maximum Gasteiger partial charge on any atom is 0.336 e. The Kier molecular flexibility index (Phi) is 5.91. The zero-order valence-electron chi connectivity index (χ0n) is 14.9. The van der Waals surface area contributed by atoms with Crippen molar-refractivity contribution in [1.29, 1.82) is 0 Å². The highest BCUT2D eigenvalue weighted by Gasteiger charge is 2.28. The van der Waals surface area contributed by atoms with Crippen LogP contribution >= 0.6 is 0 Å². The molecular formula is C20H26N2O4. The standard InChI is InChI=1S/C20H26N2O4/c23-18(14-6-2-1-3-7-14)21-15-10-12-22(13-11-15)19(24)16-8-4-5-9-17(16)20(25)26/h4-5,8-9,14-15H,1-3,6-7,10-13H2,(H,21,23)(H,25,26). The van der Waals surface area contributed by atoms with E-state index in [2.05, 4.69) is 5.32 Å². The average Bonchev–Trinajstić information content (AvgIpc) is 2.68. The molecule has 2 fully saturated rings. The Hall–Kier alpha value is -2.37. The van der Waals surface area contributed by atoms with Gasteiger partial charge < -0.3 is 15.3 Å². The minimum absolute atomic E-state index is 0.0326. The van der Waals surface area contributed by atoms with Gasteiger partial charge in [0.2, 0.25) is 5.91 Å². The number of likely N-dealkylation sites (tertiary alicyclic amines) is 1. The molecule has 140 valence electrons. The minimum atomic E-state index is -1.09. The quantitative estimate of drug-likeness (QED) is 0.866. The molecule has 26 heavy (non-hydrogen) atoms. The van der Waals surface area contributed by atoms with Crippen LogP contribution in [-0.4, -0.2) is 46.9 Å². The zero-order chi connectivity index (χ0) is 18.5. The largest absolute Gasteiger partial charge is 0.478 e. The van der Waals surface area contributed by atoms with Gasteiger partial charge in [0.05, 0.1) is 11.1 Å². The summed E-state index contributed by atoms with van der Waals surface area (Å²) in [6.45, 7) is 1.06. The summed E-state index contributed by atoms with van der Waals surface area (Å²) in [4.78, 5) is 38.0. The van der Waals surface area contributed by atoms with Gasteiger partial charge in [0, 0.05) is 25.0 Å². The van der Waals surface area contributed by atoms with Gasteiger partial charge in [-0.3, -0.25) is 9.59 Å².